The van der Waals surface area contributed by atoms with Crippen LogP contribution in [0.4, 0.5) is 11.4 Å². The number of para-hydroxylation sites is 3. The quantitative estimate of drug-likeness (QED) is 0.718. The van der Waals surface area contributed by atoms with Gasteiger partial charge in [0.2, 0.25) is 0 Å². The molecule has 5 nitrogen and oxygen atoms in total. The Balaban J connectivity index is 1.49. The second-order valence-electron chi connectivity index (χ2n) is 6.16. The summed E-state index contributed by atoms with van der Waals surface area (Å²) < 4.78 is 11.3. The van der Waals surface area contributed by atoms with Crippen molar-refractivity contribution in [1.82, 2.24) is 5.32 Å². The SMILES string of the molecule is O=C(NCc1cccc2c1OCCO2)c1ccccc1Nc1ccccc1. The molecule has 2 N–H and O–H groups in total. The van der Waals surface area contributed by atoms with Gasteiger partial charge in [-0.05, 0) is 30.3 Å². The normalized spacial score (nSPS) is 12.3. The number of benzene rings is 3. The topological polar surface area (TPSA) is 59.6 Å². The summed E-state index contributed by atoms with van der Waals surface area (Å²) in [5, 5.41) is 6.27. The monoisotopic (exact) mass is 360 g/mol. The Morgan fingerprint density at radius 2 is 1.63 bits per heavy atom. The number of amides is 1. The van der Waals surface area contributed by atoms with Crippen LogP contribution in [0, 0.1) is 0 Å². The molecule has 3 aromatic rings. The van der Waals surface area contributed by atoms with Gasteiger partial charge in [0.05, 0.1) is 11.3 Å². The van der Waals surface area contributed by atoms with E-state index in [0.717, 1.165) is 22.7 Å². The van der Waals surface area contributed by atoms with Gasteiger partial charge in [-0.1, -0.05) is 42.5 Å². The van der Waals surface area contributed by atoms with Gasteiger partial charge >= 0.3 is 0 Å². The molecule has 1 aliphatic heterocycles. The van der Waals surface area contributed by atoms with Gasteiger partial charge in [0.1, 0.15) is 13.2 Å². The first-order valence-electron chi connectivity index (χ1n) is 8.88. The average Bonchev–Trinajstić information content (AvgIpc) is 2.73. The lowest BCUT2D eigenvalue weighted by molar-refractivity contribution is 0.0950. The number of carbonyl (C=O) groups excluding carboxylic acids is 1. The van der Waals surface area contributed by atoms with Crippen LogP contribution in [0.1, 0.15) is 15.9 Å². The lowest BCUT2D eigenvalue weighted by Crippen LogP contribution is -2.25. The highest BCUT2D eigenvalue weighted by Gasteiger charge is 2.17. The predicted octanol–water partition coefficient (Wildman–Crippen LogP) is 4.13. The van der Waals surface area contributed by atoms with Crippen LogP contribution in [-0.4, -0.2) is 19.1 Å². The molecule has 0 fully saturated rings. The summed E-state index contributed by atoms with van der Waals surface area (Å²) in [6.07, 6.45) is 0. The van der Waals surface area contributed by atoms with Crippen molar-refractivity contribution in [3.63, 3.8) is 0 Å². The summed E-state index contributed by atoms with van der Waals surface area (Å²) in [4.78, 5) is 12.8. The molecule has 1 amide bonds. The molecule has 1 heterocycles. The maximum atomic E-state index is 12.8. The van der Waals surface area contributed by atoms with E-state index in [1.54, 1.807) is 6.07 Å². The molecule has 27 heavy (non-hydrogen) atoms. The van der Waals surface area contributed by atoms with E-state index in [9.17, 15) is 4.79 Å². The number of rotatable bonds is 5. The Labute approximate surface area is 157 Å². The molecule has 0 aliphatic carbocycles. The van der Waals surface area contributed by atoms with Crippen molar-refractivity contribution in [3.05, 3.63) is 83.9 Å². The van der Waals surface area contributed by atoms with Crippen molar-refractivity contribution in [2.45, 2.75) is 6.54 Å². The summed E-state index contributed by atoms with van der Waals surface area (Å²) in [7, 11) is 0. The smallest absolute Gasteiger partial charge is 0.253 e. The number of anilines is 2. The zero-order valence-corrected chi connectivity index (χ0v) is 14.8. The Hall–Kier alpha value is -3.47. The minimum absolute atomic E-state index is 0.150. The summed E-state index contributed by atoms with van der Waals surface area (Å²) in [5.74, 6) is 1.28. The molecule has 136 valence electrons. The molecular formula is C22H20N2O3. The molecular weight excluding hydrogens is 340 g/mol. The fourth-order valence-electron chi connectivity index (χ4n) is 3.01. The van der Waals surface area contributed by atoms with Gasteiger partial charge in [0.25, 0.3) is 5.91 Å². The molecule has 0 spiro atoms. The van der Waals surface area contributed by atoms with Crippen LogP contribution >= 0.6 is 0 Å². The third-order valence-electron chi connectivity index (χ3n) is 4.31. The van der Waals surface area contributed by atoms with Gasteiger partial charge in [-0.15, -0.1) is 0 Å². The first kappa shape index (κ1) is 17.0. The van der Waals surface area contributed by atoms with Gasteiger partial charge in [0, 0.05) is 17.8 Å². The fraction of sp³-hybridized carbons (Fsp3) is 0.136. The van der Waals surface area contributed by atoms with E-state index in [4.69, 9.17) is 9.47 Å². The Morgan fingerprint density at radius 1 is 0.852 bits per heavy atom. The number of hydrogen-bond acceptors (Lipinski definition) is 4. The summed E-state index contributed by atoms with van der Waals surface area (Å²) in [5.41, 5.74) is 3.17. The van der Waals surface area contributed by atoms with Gasteiger partial charge in [-0.3, -0.25) is 4.79 Å². The second kappa shape index (κ2) is 7.83. The summed E-state index contributed by atoms with van der Waals surface area (Å²) in [6, 6.07) is 22.9. The van der Waals surface area contributed by atoms with E-state index >= 15 is 0 Å². The lowest BCUT2D eigenvalue weighted by atomic mass is 10.1. The van der Waals surface area contributed by atoms with Crippen molar-refractivity contribution in [2.75, 3.05) is 18.5 Å². The van der Waals surface area contributed by atoms with Crippen LogP contribution in [0.3, 0.4) is 0 Å². The minimum Gasteiger partial charge on any atom is -0.486 e. The van der Waals surface area contributed by atoms with Gasteiger partial charge in [-0.2, -0.15) is 0 Å². The zero-order chi connectivity index (χ0) is 18.5. The standard InChI is InChI=1S/C22H20N2O3/c25-22(23-15-16-7-6-12-20-21(16)27-14-13-26-20)18-10-4-5-11-19(18)24-17-8-2-1-3-9-17/h1-12,24H,13-15H2,(H,23,25). The number of carbonyl (C=O) groups is 1. The lowest BCUT2D eigenvalue weighted by Gasteiger charge is -2.21. The Bertz CT molecular complexity index is 941. The maximum Gasteiger partial charge on any atom is 0.253 e. The minimum atomic E-state index is -0.150. The highest BCUT2D eigenvalue weighted by Crippen LogP contribution is 2.33. The van der Waals surface area contributed by atoms with E-state index in [0.29, 0.717) is 31.1 Å². The maximum absolute atomic E-state index is 12.8. The third kappa shape index (κ3) is 3.87. The third-order valence-corrected chi connectivity index (χ3v) is 4.31. The number of ether oxygens (including phenoxy) is 2. The molecule has 0 radical (unpaired) electrons. The Kier molecular flexibility index (Phi) is 4.92. The number of hydrogen-bond donors (Lipinski definition) is 2. The van der Waals surface area contributed by atoms with E-state index < -0.39 is 0 Å². The molecule has 0 atom stereocenters. The molecule has 3 aromatic carbocycles. The fourth-order valence-corrected chi connectivity index (χ4v) is 3.01. The first-order chi connectivity index (χ1) is 13.3. The van der Waals surface area contributed by atoms with Crippen LogP contribution in [-0.2, 0) is 6.54 Å². The van der Waals surface area contributed by atoms with Crippen LogP contribution < -0.4 is 20.1 Å². The summed E-state index contributed by atoms with van der Waals surface area (Å²) in [6.45, 7) is 1.42. The molecule has 0 aromatic heterocycles. The van der Waals surface area contributed by atoms with Crippen LogP contribution in [0.15, 0.2) is 72.8 Å². The zero-order valence-electron chi connectivity index (χ0n) is 14.8. The van der Waals surface area contributed by atoms with Crippen LogP contribution in [0.25, 0.3) is 0 Å². The Morgan fingerprint density at radius 3 is 2.52 bits per heavy atom. The van der Waals surface area contributed by atoms with Gasteiger partial charge in [-0.25, -0.2) is 0 Å². The molecule has 0 bridgehead atoms. The highest BCUT2D eigenvalue weighted by atomic mass is 16.6. The predicted molar refractivity (Wildman–Crippen MR) is 105 cm³/mol. The number of nitrogens with one attached hydrogen (secondary N) is 2. The molecule has 4 rings (SSSR count). The molecule has 5 heteroatoms. The largest absolute Gasteiger partial charge is 0.486 e. The van der Waals surface area contributed by atoms with Crippen molar-refractivity contribution in [3.8, 4) is 11.5 Å². The van der Waals surface area contributed by atoms with Crippen molar-refractivity contribution >= 4 is 17.3 Å². The number of fused-ring (bicyclic) bond motifs is 1. The average molecular weight is 360 g/mol. The van der Waals surface area contributed by atoms with Crippen molar-refractivity contribution in [2.24, 2.45) is 0 Å². The van der Waals surface area contributed by atoms with Crippen LogP contribution in [0.2, 0.25) is 0 Å². The van der Waals surface area contributed by atoms with E-state index in [-0.39, 0.29) is 5.91 Å². The van der Waals surface area contributed by atoms with Crippen molar-refractivity contribution in [1.29, 1.82) is 0 Å². The highest BCUT2D eigenvalue weighted by molar-refractivity contribution is 6.00. The van der Waals surface area contributed by atoms with Gasteiger partial charge in [0.15, 0.2) is 11.5 Å². The molecule has 1 aliphatic rings. The van der Waals surface area contributed by atoms with Crippen molar-refractivity contribution < 1.29 is 14.3 Å². The van der Waals surface area contributed by atoms with Crippen LogP contribution in [0.5, 0.6) is 11.5 Å². The van der Waals surface area contributed by atoms with E-state index in [1.165, 1.54) is 0 Å². The molecule has 0 saturated carbocycles. The molecule has 0 saturated heterocycles. The second-order valence-corrected chi connectivity index (χ2v) is 6.16. The van der Waals surface area contributed by atoms with E-state index in [2.05, 4.69) is 10.6 Å². The van der Waals surface area contributed by atoms with Gasteiger partial charge < -0.3 is 20.1 Å². The molecule has 0 unspecified atom stereocenters. The first-order valence-corrected chi connectivity index (χ1v) is 8.88. The van der Waals surface area contributed by atoms with E-state index in [1.807, 2.05) is 66.7 Å². The summed E-state index contributed by atoms with van der Waals surface area (Å²) >= 11 is 0.